The van der Waals surface area contributed by atoms with Gasteiger partial charge in [0.1, 0.15) is 11.0 Å². The molecule has 0 unspecified atom stereocenters. The molecule has 0 saturated heterocycles. The molecule has 0 spiro atoms. The Kier molecular flexibility index (Phi) is 9.14. The number of aryl methyl sites for hydroxylation is 1. The van der Waals surface area contributed by atoms with Crippen LogP contribution in [0.15, 0.2) is 53.0 Å². The zero-order chi connectivity index (χ0) is 23.8. The predicted octanol–water partition coefficient (Wildman–Crippen LogP) is 6.09. The highest BCUT2D eigenvalue weighted by molar-refractivity contribution is 9.10. The Balaban J connectivity index is 1.68. The van der Waals surface area contributed by atoms with Crippen molar-refractivity contribution in [2.75, 3.05) is 5.32 Å². The predicted molar refractivity (Wildman–Crippen MR) is 137 cm³/mol. The summed E-state index contributed by atoms with van der Waals surface area (Å²) in [7, 11) is 0. The maximum absolute atomic E-state index is 13.1. The molecular formula is C25H29BrN4O2S. The number of anilines is 1. The number of carbonyl (C=O) groups is 2. The summed E-state index contributed by atoms with van der Waals surface area (Å²) in [5.41, 5.74) is 2.67. The van der Waals surface area contributed by atoms with Crippen molar-refractivity contribution >= 4 is 44.2 Å². The standard InChI is InChI=1S/C25H29BrN4O2S/c1-4-6-8-17-11-13-18(14-12-17)22(31)27-21(16(3)5-2)23(32)28-25-30-29-24(33-25)19-9-7-10-20(26)15-19/h7,9-16,21H,4-6,8H2,1-3H3,(H,27,31)(H,28,30,32)/t16-,21-/m0/s1. The number of nitrogens with zero attached hydrogens (tertiary/aromatic N) is 2. The Morgan fingerprint density at radius 2 is 1.85 bits per heavy atom. The first-order chi connectivity index (χ1) is 15.9. The molecule has 0 aliphatic heterocycles. The van der Waals surface area contributed by atoms with E-state index in [2.05, 4.69) is 43.7 Å². The molecular weight excluding hydrogens is 500 g/mol. The van der Waals surface area contributed by atoms with Crippen LogP contribution in [0.2, 0.25) is 0 Å². The third-order valence-electron chi connectivity index (χ3n) is 5.54. The number of nitrogens with one attached hydrogen (secondary N) is 2. The van der Waals surface area contributed by atoms with Crippen molar-refractivity contribution in [2.45, 2.75) is 52.5 Å². The molecule has 3 aromatic rings. The Hall–Kier alpha value is -2.58. The average molecular weight is 530 g/mol. The van der Waals surface area contributed by atoms with Crippen molar-refractivity contribution in [1.82, 2.24) is 15.5 Å². The van der Waals surface area contributed by atoms with Crippen LogP contribution in [-0.2, 0) is 11.2 Å². The SMILES string of the molecule is CCCCc1ccc(C(=O)N[C@H](C(=O)Nc2nnc(-c3cccc(Br)c3)s2)[C@@H](C)CC)cc1. The van der Waals surface area contributed by atoms with E-state index < -0.39 is 6.04 Å². The van der Waals surface area contributed by atoms with E-state index >= 15 is 0 Å². The van der Waals surface area contributed by atoms with E-state index in [0.717, 1.165) is 35.7 Å². The first kappa shape index (κ1) is 25.1. The van der Waals surface area contributed by atoms with Crippen LogP contribution >= 0.6 is 27.3 Å². The van der Waals surface area contributed by atoms with Gasteiger partial charge in [0.05, 0.1) is 0 Å². The van der Waals surface area contributed by atoms with Crippen LogP contribution in [-0.4, -0.2) is 28.1 Å². The number of rotatable bonds is 10. The summed E-state index contributed by atoms with van der Waals surface area (Å²) in [6.07, 6.45) is 4.00. The largest absolute Gasteiger partial charge is 0.340 e. The van der Waals surface area contributed by atoms with Gasteiger partial charge in [0.25, 0.3) is 5.91 Å². The van der Waals surface area contributed by atoms with Crippen LogP contribution in [0, 0.1) is 5.92 Å². The minimum atomic E-state index is -0.680. The number of unbranched alkanes of at least 4 members (excludes halogenated alkanes) is 1. The van der Waals surface area contributed by atoms with Gasteiger partial charge in [-0.15, -0.1) is 10.2 Å². The van der Waals surface area contributed by atoms with E-state index in [1.165, 1.54) is 16.9 Å². The first-order valence-electron chi connectivity index (χ1n) is 11.2. The number of aromatic nitrogens is 2. The Bertz CT molecular complexity index is 1080. The molecule has 0 aliphatic carbocycles. The van der Waals surface area contributed by atoms with Crippen molar-refractivity contribution < 1.29 is 9.59 Å². The summed E-state index contributed by atoms with van der Waals surface area (Å²) < 4.78 is 0.943. The van der Waals surface area contributed by atoms with Crippen molar-refractivity contribution in [2.24, 2.45) is 5.92 Å². The molecule has 2 aromatic carbocycles. The van der Waals surface area contributed by atoms with Crippen molar-refractivity contribution in [1.29, 1.82) is 0 Å². The van der Waals surface area contributed by atoms with Gasteiger partial charge in [-0.2, -0.15) is 0 Å². The zero-order valence-electron chi connectivity index (χ0n) is 19.1. The number of amides is 2. The van der Waals surface area contributed by atoms with Crippen LogP contribution in [0.4, 0.5) is 5.13 Å². The minimum Gasteiger partial charge on any atom is -0.340 e. The zero-order valence-corrected chi connectivity index (χ0v) is 21.5. The summed E-state index contributed by atoms with van der Waals surface area (Å²) in [4.78, 5) is 25.9. The number of halogens is 1. The molecule has 3 rings (SSSR count). The highest BCUT2D eigenvalue weighted by atomic mass is 79.9. The Morgan fingerprint density at radius 1 is 1.09 bits per heavy atom. The average Bonchev–Trinajstić information content (AvgIpc) is 3.29. The molecule has 33 heavy (non-hydrogen) atoms. The van der Waals surface area contributed by atoms with Gasteiger partial charge in [-0.25, -0.2) is 0 Å². The fraction of sp³-hybridized carbons (Fsp3) is 0.360. The summed E-state index contributed by atoms with van der Waals surface area (Å²) in [6.45, 7) is 6.10. The lowest BCUT2D eigenvalue weighted by atomic mass is 9.97. The van der Waals surface area contributed by atoms with Crippen molar-refractivity contribution in [3.05, 3.63) is 64.1 Å². The van der Waals surface area contributed by atoms with Crippen LogP contribution in [0.25, 0.3) is 10.6 Å². The summed E-state index contributed by atoms with van der Waals surface area (Å²) in [6, 6.07) is 14.7. The molecule has 0 fully saturated rings. The normalized spacial score (nSPS) is 12.7. The summed E-state index contributed by atoms with van der Waals surface area (Å²) >= 11 is 4.75. The van der Waals surface area contributed by atoms with Crippen LogP contribution in [0.5, 0.6) is 0 Å². The van der Waals surface area contributed by atoms with Gasteiger partial charge in [0.15, 0.2) is 0 Å². The monoisotopic (exact) mass is 528 g/mol. The molecule has 1 heterocycles. The van der Waals surface area contributed by atoms with Gasteiger partial charge in [-0.05, 0) is 48.6 Å². The third kappa shape index (κ3) is 6.95. The Morgan fingerprint density at radius 3 is 2.52 bits per heavy atom. The molecule has 2 N–H and O–H groups in total. The van der Waals surface area contributed by atoms with Gasteiger partial charge in [0.2, 0.25) is 11.0 Å². The molecule has 0 aliphatic rings. The summed E-state index contributed by atoms with van der Waals surface area (Å²) in [5, 5.41) is 15.1. The molecule has 174 valence electrons. The minimum absolute atomic E-state index is 0.0461. The second-order valence-corrected chi connectivity index (χ2v) is 9.94. The molecule has 2 amide bonds. The maximum Gasteiger partial charge on any atom is 0.251 e. The number of hydrogen-bond donors (Lipinski definition) is 2. The molecule has 0 bridgehead atoms. The van der Waals surface area contributed by atoms with Crippen molar-refractivity contribution in [3.8, 4) is 10.6 Å². The van der Waals surface area contributed by atoms with E-state index in [9.17, 15) is 9.59 Å². The third-order valence-corrected chi connectivity index (χ3v) is 6.92. The van der Waals surface area contributed by atoms with E-state index in [1.807, 2.05) is 62.4 Å². The molecule has 0 saturated carbocycles. The molecule has 6 nitrogen and oxygen atoms in total. The fourth-order valence-corrected chi connectivity index (χ4v) is 4.47. The van der Waals surface area contributed by atoms with Crippen LogP contribution < -0.4 is 10.6 Å². The molecule has 2 atom stereocenters. The topological polar surface area (TPSA) is 84.0 Å². The highest BCUT2D eigenvalue weighted by Crippen LogP contribution is 2.28. The summed E-state index contributed by atoms with van der Waals surface area (Å²) in [5.74, 6) is -0.603. The van der Waals surface area contributed by atoms with E-state index in [0.29, 0.717) is 15.7 Å². The Labute approximate surface area is 207 Å². The van der Waals surface area contributed by atoms with Gasteiger partial charge < -0.3 is 5.32 Å². The first-order valence-corrected chi connectivity index (χ1v) is 12.8. The molecule has 1 aromatic heterocycles. The fourth-order valence-electron chi connectivity index (χ4n) is 3.33. The van der Waals surface area contributed by atoms with Gasteiger partial charge >= 0.3 is 0 Å². The lowest BCUT2D eigenvalue weighted by molar-refractivity contribution is -0.119. The van der Waals surface area contributed by atoms with E-state index in [4.69, 9.17) is 0 Å². The maximum atomic E-state index is 13.1. The highest BCUT2D eigenvalue weighted by Gasteiger charge is 2.27. The molecule has 0 radical (unpaired) electrons. The van der Waals surface area contributed by atoms with Gasteiger partial charge in [-0.3, -0.25) is 14.9 Å². The lowest BCUT2D eigenvalue weighted by Crippen LogP contribution is -2.47. The number of carbonyl (C=O) groups excluding carboxylic acids is 2. The number of hydrogen-bond acceptors (Lipinski definition) is 5. The van der Waals surface area contributed by atoms with Gasteiger partial charge in [-0.1, -0.05) is 85.1 Å². The second kappa shape index (κ2) is 12.0. The van der Waals surface area contributed by atoms with E-state index in [-0.39, 0.29) is 17.7 Å². The quantitative estimate of drug-likeness (QED) is 0.333. The van der Waals surface area contributed by atoms with Crippen LogP contribution in [0.1, 0.15) is 56.0 Å². The van der Waals surface area contributed by atoms with Gasteiger partial charge in [0, 0.05) is 15.6 Å². The smallest absolute Gasteiger partial charge is 0.251 e. The van der Waals surface area contributed by atoms with Crippen LogP contribution in [0.3, 0.4) is 0 Å². The second-order valence-electron chi connectivity index (χ2n) is 8.05. The van der Waals surface area contributed by atoms with Crippen molar-refractivity contribution in [3.63, 3.8) is 0 Å². The number of benzene rings is 2. The molecule has 8 heteroatoms. The lowest BCUT2D eigenvalue weighted by Gasteiger charge is -2.23. The van der Waals surface area contributed by atoms with E-state index in [1.54, 1.807) is 0 Å².